The fourth-order valence-corrected chi connectivity index (χ4v) is 3.05. The van der Waals surface area contributed by atoms with E-state index in [1.54, 1.807) is 37.4 Å². The van der Waals surface area contributed by atoms with E-state index in [9.17, 15) is 20.2 Å². The third kappa shape index (κ3) is 6.11. The maximum atomic E-state index is 11.9. The molecule has 3 rings (SSSR count). The molecule has 12 heteroatoms. The molecule has 0 spiro atoms. The predicted molar refractivity (Wildman–Crippen MR) is 123 cm³/mol. The smallest absolute Gasteiger partial charge is 0.373 e. The van der Waals surface area contributed by atoms with Crippen LogP contribution < -0.4 is 14.8 Å². The lowest BCUT2D eigenvalue weighted by Crippen LogP contribution is -2.18. The van der Waals surface area contributed by atoms with Crippen LogP contribution in [0.3, 0.4) is 0 Å². The van der Waals surface area contributed by atoms with Crippen LogP contribution in [-0.2, 0) is 9.53 Å². The van der Waals surface area contributed by atoms with Crippen molar-refractivity contribution < 1.29 is 23.9 Å². The summed E-state index contributed by atoms with van der Waals surface area (Å²) < 4.78 is 16.5. The second-order valence-electron chi connectivity index (χ2n) is 6.42. The maximum absolute atomic E-state index is 11.9. The van der Waals surface area contributed by atoms with Crippen LogP contribution in [0, 0.1) is 21.4 Å². The van der Waals surface area contributed by atoms with Gasteiger partial charge in [-0.05, 0) is 37.4 Å². The number of rotatable bonds is 10. The number of para-hydroxylation sites is 1. The van der Waals surface area contributed by atoms with E-state index in [0.29, 0.717) is 5.75 Å². The summed E-state index contributed by atoms with van der Waals surface area (Å²) in [6.45, 7) is 1.47. The van der Waals surface area contributed by atoms with Crippen LogP contribution in [0.25, 0.3) is 0 Å². The van der Waals surface area contributed by atoms with Crippen molar-refractivity contribution in [3.63, 3.8) is 0 Å². The van der Waals surface area contributed by atoms with Crippen LogP contribution >= 0.6 is 11.8 Å². The van der Waals surface area contributed by atoms with Crippen LogP contribution in [0.4, 0.5) is 11.5 Å². The van der Waals surface area contributed by atoms with Gasteiger partial charge >= 0.3 is 17.5 Å². The number of ether oxygens (including phenoxy) is 3. The van der Waals surface area contributed by atoms with Crippen molar-refractivity contribution in [3.8, 4) is 29.2 Å². The summed E-state index contributed by atoms with van der Waals surface area (Å²) in [5.41, 5.74) is -0.340. The number of hydrogen-bond acceptors (Lipinski definition) is 11. The molecule has 0 aliphatic heterocycles. The molecule has 0 aliphatic rings. The summed E-state index contributed by atoms with van der Waals surface area (Å²) in [5.74, 6) is -0.462. The summed E-state index contributed by atoms with van der Waals surface area (Å²) in [4.78, 5) is 31.1. The number of benzene rings is 2. The number of thioether (sulfide) groups is 1. The van der Waals surface area contributed by atoms with E-state index in [2.05, 4.69) is 15.3 Å². The Balaban J connectivity index is 2.04. The second-order valence-corrected chi connectivity index (χ2v) is 7.19. The molecule has 0 saturated carbocycles. The van der Waals surface area contributed by atoms with Crippen molar-refractivity contribution in [3.05, 3.63) is 64.2 Å². The lowest BCUT2D eigenvalue weighted by atomic mass is 10.2. The first-order valence-electron chi connectivity index (χ1n) is 9.90. The van der Waals surface area contributed by atoms with Crippen LogP contribution in [0.1, 0.15) is 12.5 Å². The van der Waals surface area contributed by atoms with Gasteiger partial charge in [0, 0.05) is 6.07 Å². The number of aromatic nitrogens is 2. The molecule has 34 heavy (non-hydrogen) atoms. The lowest BCUT2D eigenvalue weighted by molar-refractivity contribution is -0.385. The molecule has 0 saturated heterocycles. The lowest BCUT2D eigenvalue weighted by Gasteiger charge is -2.14. The largest absolute Gasteiger partial charge is 0.465 e. The minimum Gasteiger partial charge on any atom is -0.465 e. The van der Waals surface area contributed by atoms with Crippen molar-refractivity contribution in [1.29, 1.82) is 5.26 Å². The van der Waals surface area contributed by atoms with Gasteiger partial charge in [-0.1, -0.05) is 30.0 Å². The average Bonchev–Trinajstić information content (AvgIpc) is 2.84. The zero-order chi connectivity index (χ0) is 24.5. The van der Waals surface area contributed by atoms with E-state index in [4.69, 9.17) is 14.2 Å². The quantitative estimate of drug-likeness (QED) is 0.143. The minimum atomic E-state index is -0.723. The maximum Gasteiger partial charge on any atom is 0.373 e. The zero-order valence-corrected chi connectivity index (χ0v) is 19.0. The molecule has 0 bridgehead atoms. The highest BCUT2D eigenvalue weighted by molar-refractivity contribution is 7.98. The number of carbonyl (C=O) groups excluding carboxylic acids is 1. The first kappa shape index (κ1) is 24.3. The Hall–Kier alpha value is -4.37. The summed E-state index contributed by atoms with van der Waals surface area (Å²) in [5, 5.41) is 24.0. The molecule has 1 aromatic heterocycles. The molecule has 3 aromatic rings. The first-order valence-corrected chi connectivity index (χ1v) is 11.1. The van der Waals surface area contributed by atoms with E-state index in [-0.39, 0.29) is 47.1 Å². The topological polar surface area (TPSA) is 150 Å². The molecule has 0 amide bonds. The second kappa shape index (κ2) is 11.5. The highest BCUT2D eigenvalue weighted by atomic mass is 32.2. The molecule has 0 radical (unpaired) electrons. The normalized spacial score (nSPS) is 10.1. The van der Waals surface area contributed by atoms with Crippen LogP contribution in [-0.4, -0.2) is 40.3 Å². The molecule has 1 N–H and O–H groups in total. The van der Waals surface area contributed by atoms with Crippen molar-refractivity contribution in [2.45, 2.75) is 12.1 Å². The van der Waals surface area contributed by atoms with Gasteiger partial charge in [0.25, 0.3) is 0 Å². The number of esters is 1. The van der Waals surface area contributed by atoms with Crippen molar-refractivity contribution in [2.75, 3.05) is 24.7 Å². The van der Waals surface area contributed by atoms with Crippen molar-refractivity contribution >= 4 is 29.2 Å². The van der Waals surface area contributed by atoms with Gasteiger partial charge in [-0.25, -0.2) is 0 Å². The van der Waals surface area contributed by atoms with E-state index < -0.39 is 16.6 Å². The van der Waals surface area contributed by atoms with Gasteiger partial charge in [-0.3, -0.25) is 14.9 Å². The average molecular weight is 481 g/mol. The van der Waals surface area contributed by atoms with E-state index in [1.165, 1.54) is 18.2 Å². The van der Waals surface area contributed by atoms with Crippen molar-refractivity contribution in [2.24, 2.45) is 0 Å². The number of carbonyl (C=O) groups is 1. The predicted octanol–water partition coefficient (Wildman–Crippen LogP) is 4.54. The van der Waals surface area contributed by atoms with Crippen LogP contribution in [0.2, 0.25) is 0 Å². The van der Waals surface area contributed by atoms with Gasteiger partial charge in [0.05, 0.1) is 23.2 Å². The van der Waals surface area contributed by atoms with E-state index >= 15 is 0 Å². The fraction of sp³-hybridized carbons (Fsp3) is 0.182. The first-order chi connectivity index (χ1) is 16.4. The number of hydrogen-bond donors (Lipinski definition) is 1. The van der Waals surface area contributed by atoms with E-state index in [0.717, 1.165) is 11.8 Å². The highest BCUT2D eigenvalue weighted by Gasteiger charge is 2.28. The van der Waals surface area contributed by atoms with Gasteiger partial charge < -0.3 is 19.5 Å². The third-order valence-corrected chi connectivity index (χ3v) is 4.70. The summed E-state index contributed by atoms with van der Waals surface area (Å²) in [6, 6.07) is 15.2. The SMILES string of the molecule is CCOC(=O)CNc1nc(SC)nc(Oc2cc(C#N)ccc2Oc2ccccc2)c1[N+](=O)[O-]. The Morgan fingerprint density at radius 2 is 1.94 bits per heavy atom. The van der Waals surface area contributed by atoms with Gasteiger partial charge in [0.15, 0.2) is 16.7 Å². The molecular weight excluding hydrogens is 462 g/mol. The monoisotopic (exact) mass is 481 g/mol. The molecule has 0 aliphatic carbocycles. The number of anilines is 1. The Kier molecular flexibility index (Phi) is 8.20. The fourth-order valence-electron chi connectivity index (χ4n) is 2.69. The molecular formula is C22H19N5O6S. The van der Waals surface area contributed by atoms with Crippen molar-refractivity contribution in [1.82, 2.24) is 9.97 Å². The Labute approximate surface area is 198 Å². The summed E-state index contributed by atoms with van der Waals surface area (Å²) in [6.07, 6.45) is 1.68. The molecule has 0 fully saturated rings. The number of nitro groups is 1. The van der Waals surface area contributed by atoms with Gasteiger partial charge in [0.2, 0.25) is 5.82 Å². The van der Waals surface area contributed by atoms with Gasteiger partial charge in [0.1, 0.15) is 12.3 Å². The Bertz CT molecular complexity index is 1230. The molecule has 2 aromatic carbocycles. The Morgan fingerprint density at radius 1 is 1.18 bits per heavy atom. The third-order valence-electron chi connectivity index (χ3n) is 4.15. The molecule has 174 valence electrons. The van der Waals surface area contributed by atoms with Gasteiger partial charge in [-0.2, -0.15) is 15.2 Å². The zero-order valence-electron chi connectivity index (χ0n) is 18.2. The molecule has 1 heterocycles. The Morgan fingerprint density at radius 3 is 2.59 bits per heavy atom. The highest BCUT2D eigenvalue weighted by Crippen LogP contribution is 2.40. The number of nitrogens with zero attached hydrogens (tertiary/aromatic N) is 4. The minimum absolute atomic E-state index is 0.0353. The number of nitrogens with one attached hydrogen (secondary N) is 1. The summed E-state index contributed by atoms with van der Waals surface area (Å²) in [7, 11) is 0. The van der Waals surface area contributed by atoms with Gasteiger partial charge in [-0.15, -0.1) is 0 Å². The van der Waals surface area contributed by atoms with Crippen LogP contribution in [0.5, 0.6) is 23.1 Å². The molecule has 11 nitrogen and oxygen atoms in total. The number of nitriles is 1. The van der Waals surface area contributed by atoms with E-state index in [1.807, 2.05) is 12.1 Å². The summed E-state index contributed by atoms with van der Waals surface area (Å²) >= 11 is 1.12. The molecule has 0 atom stereocenters. The molecule has 0 unspecified atom stereocenters. The van der Waals surface area contributed by atoms with Crippen LogP contribution in [0.15, 0.2) is 53.7 Å². The standard InChI is InChI=1S/C22H19N5O6S/c1-3-31-18(28)13-24-20-19(27(29)30)21(26-22(25-20)34-2)33-17-11-14(12-23)9-10-16(17)32-15-7-5-4-6-8-15/h4-11H,3,13H2,1-2H3,(H,24,25,26).